The first kappa shape index (κ1) is 31.2. The number of amides is 2. The van der Waals surface area contributed by atoms with E-state index < -0.39 is 21.5 Å². The second kappa shape index (κ2) is 11.4. The maximum atomic E-state index is 14.6. The summed E-state index contributed by atoms with van der Waals surface area (Å²) >= 11 is 0. The number of ether oxygens (including phenoxy) is 1. The topological polar surface area (TPSA) is 104 Å². The summed E-state index contributed by atoms with van der Waals surface area (Å²) in [7, 11) is 4.56. The fourth-order valence-electron chi connectivity index (χ4n) is 8.43. The number of nitrogens with one attached hydrogen (secondary N) is 1. The van der Waals surface area contributed by atoms with Gasteiger partial charge in [-0.2, -0.15) is 12.7 Å². The van der Waals surface area contributed by atoms with E-state index in [0.717, 1.165) is 76.6 Å². The summed E-state index contributed by atoms with van der Waals surface area (Å²) in [5.74, 6) is 0.685. The molecule has 3 unspecified atom stereocenters. The Morgan fingerprint density at radius 1 is 1.02 bits per heavy atom. The van der Waals surface area contributed by atoms with Gasteiger partial charge in [-0.1, -0.05) is 25.3 Å². The number of likely N-dealkylation sites (tertiary alicyclic amines) is 1. The SMILES string of the molecule is COc1ccc2c(c1)C1CC1(C(=O)N(C)C1CCN(C)C1)Cn1c-2c(C2CCCCC2)c2ccc(C(=O)NS(=O)(=O)N(C)C)cc21. The van der Waals surface area contributed by atoms with Crippen LogP contribution in [0.25, 0.3) is 22.2 Å². The highest BCUT2D eigenvalue weighted by Crippen LogP contribution is 2.66. The van der Waals surface area contributed by atoms with E-state index in [4.69, 9.17) is 4.74 Å². The normalized spacial score (nSPS) is 24.7. The molecule has 46 heavy (non-hydrogen) atoms. The van der Waals surface area contributed by atoms with Crippen LogP contribution in [0.4, 0.5) is 0 Å². The molecule has 0 bridgehead atoms. The summed E-state index contributed by atoms with van der Waals surface area (Å²) in [5, 5.41) is 1.07. The van der Waals surface area contributed by atoms with E-state index in [0.29, 0.717) is 12.5 Å². The summed E-state index contributed by atoms with van der Waals surface area (Å²) in [6.45, 7) is 2.34. The predicted molar refractivity (Wildman–Crippen MR) is 178 cm³/mol. The van der Waals surface area contributed by atoms with E-state index in [1.165, 1.54) is 38.9 Å². The minimum Gasteiger partial charge on any atom is -0.497 e. The van der Waals surface area contributed by atoms with Crippen LogP contribution in [0, 0.1) is 5.41 Å². The van der Waals surface area contributed by atoms with Crippen molar-refractivity contribution in [2.45, 2.75) is 69.4 Å². The molecule has 246 valence electrons. The molecule has 4 aliphatic rings. The van der Waals surface area contributed by atoms with Crippen molar-refractivity contribution in [2.75, 3.05) is 48.4 Å². The third-order valence-electron chi connectivity index (χ3n) is 11.1. The van der Waals surface area contributed by atoms with Gasteiger partial charge < -0.3 is 19.1 Å². The maximum Gasteiger partial charge on any atom is 0.303 e. The van der Waals surface area contributed by atoms with Crippen LogP contribution in [0.3, 0.4) is 0 Å². The number of carbonyl (C=O) groups excluding carboxylic acids is 2. The van der Waals surface area contributed by atoms with Gasteiger partial charge in [0.15, 0.2) is 0 Å². The number of carbonyl (C=O) groups is 2. The molecule has 2 aliphatic carbocycles. The van der Waals surface area contributed by atoms with Crippen molar-refractivity contribution < 1.29 is 22.7 Å². The minimum atomic E-state index is -3.96. The first-order valence-corrected chi connectivity index (χ1v) is 17.9. The Morgan fingerprint density at radius 3 is 2.46 bits per heavy atom. The molecule has 2 aromatic carbocycles. The number of hydrogen-bond acceptors (Lipinski definition) is 6. The number of likely N-dealkylation sites (N-methyl/N-ethyl adjacent to an activating group) is 2. The quantitative estimate of drug-likeness (QED) is 0.404. The van der Waals surface area contributed by atoms with Crippen molar-refractivity contribution in [2.24, 2.45) is 5.41 Å². The third-order valence-corrected chi connectivity index (χ3v) is 12.6. The maximum absolute atomic E-state index is 14.6. The lowest BCUT2D eigenvalue weighted by Crippen LogP contribution is -2.44. The molecule has 2 aliphatic heterocycles. The Hall–Kier alpha value is -3.41. The Labute approximate surface area is 271 Å². The van der Waals surface area contributed by atoms with Gasteiger partial charge in [0.2, 0.25) is 5.91 Å². The van der Waals surface area contributed by atoms with Crippen LogP contribution in [0.2, 0.25) is 0 Å². The Morgan fingerprint density at radius 2 is 1.78 bits per heavy atom. The highest BCUT2D eigenvalue weighted by molar-refractivity contribution is 7.87. The molecule has 10 nitrogen and oxygen atoms in total. The second-order valence-corrected chi connectivity index (χ2v) is 16.0. The van der Waals surface area contributed by atoms with E-state index >= 15 is 0 Å². The molecule has 3 atom stereocenters. The smallest absolute Gasteiger partial charge is 0.303 e. The van der Waals surface area contributed by atoms with Gasteiger partial charge in [-0.25, -0.2) is 4.72 Å². The number of methoxy groups -OCH3 is 1. The summed E-state index contributed by atoms with van der Waals surface area (Å²) in [4.78, 5) is 32.2. The number of nitrogens with zero attached hydrogens (tertiary/aromatic N) is 4. The van der Waals surface area contributed by atoms with Crippen LogP contribution in [0.15, 0.2) is 36.4 Å². The van der Waals surface area contributed by atoms with Crippen molar-refractivity contribution in [1.29, 1.82) is 0 Å². The summed E-state index contributed by atoms with van der Waals surface area (Å²) in [6.07, 6.45) is 7.45. The third kappa shape index (κ3) is 5.02. The summed E-state index contributed by atoms with van der Waals surface area (Å²) < 4.78 is 36.3. The van der Waals surface area contributed by atoms with Crippen LogP contribution in [0.5, 0.6) is 5.75 Å². The van der Waals surface area contributed by atoms with Crippen LogP contribution >= 0.6 is 0 Å². The van der Waals surface area contributed by atoms with Gasteiger partial charge in [-0.3, -0.25) is 9.59 Å². The number of fused-ring (bicyclic) bond motifs is 7. The van der Waals surface area contributed by atoms with Gasteiger partial charge in [0, 0.05) is 68.2 Å². The molecule has 11 heteroatoms. The molecule has 2 saturated carbocycles. The van der Waals surface area contributed by atoms with Gasteiger partial charge in [0.1, 0.15) is 5.75 Å². The molecular weight excluding hydrogens is 602 g/mol. The zero-order valence-corrected chi connectivity index (χ0v) is 28.3. The molecule has 3 aromatic rings. The molecule has 1 N–H and O–H groups in total. The van der Waals surface area contributed by atoms with Crippen molar-refractivity contribution in [3.05, 3.63) is 53.1 Å². The molecular formula is C35H45N5O5S. The highest BCUT2D eigenvalue weighted by Gasteiger charge is 2.64. The number of hydrogen-bond donors (Lipinski definition) is 1. The van der Waals surface area contributed by atoms with Crippen molar-refractivity contribution >= 4 is 32.9 Å². The molecule has 3 heterocycles. The lowest BCUT2D eigenvalue weighted by molar-refractivity contribution is -0.138. The Kier molecular flexibility index (Phi) is 7.72. The lowest BCUT2D eigenvalue weighted by Gasteiger charge is -2.30. The van der Waals surface area contributed by atoms with Crippen molar-refractivity contribution in [3.63, 3.8) is 0 Å². The van der Waals surface area contributed by atoms with Crippen LogP contribution in [-0.2, 0) is 21.5 Å². The second-order valence-electron chi connectivity index (χ2n) is 14.1. The molecule has 1 aromatic heterocycles. The summed E-state index contributed by atoms with van der Waals surface area (Å²) in [6, 6.07) is 12.0. The zero-order valence-electron chi connectivity index (χ0n) is 27.5. The van der Waals surface area contributed by atoms with Crippen LogP contribution < -0.4 is 9.46 Å². The Balaban J connectivity index is 1.42. The average molecular weight is 648 g/mol. The van der Waals surface area contributed by atoms with Gasteiger partial charge in [-0.15, -0.1) is 0 Å². The molecule has 7 rings (SSSR count). The van der Waals surface area contributed by atoms with Crippen molar-refractivity contribution in [1.82, 2.24) is 23.4 Å². The van der Waals surface area contributed by atoms with E-state index in [2.05, 4.69) is 33.4 Å². The fraction of sp³-hybridized carbons (Fsp3) is 0.543. The van der Waals surface area contributed by atoms with Crippen molar-refractivity contribution in [3.8, 4) is 17.0 Å². The molecule has 0 radical (unpaired) electrons. The summed E-state index contributed by atoms with van der Waals surface area (Å²) in [5.41, 5.74) is 5.20. The van der Waals surface area contributed by atoms with Gasteiger partial charge in [0.05, 0.1) is 18.2 Å². The van der Waals surface area contributed by atoms with Crippen LogP contribution in [-0.4, -0.2) is 93.3 Å². The molecule has 3 fully saturated rings. The Bertz CT molecular complexity index is 1830. The number of benzene rings is 2. The molecule has 0 spiro atoms. The van der Waals surface area contributed by atoms with Gasteiger partial charge >= 0.3 is 10.2 Å². The van der Waals surface area contributed by atoms with Crippen LogP contribution in [0.1, 0.15) is 78.3 Å². The standard InChI is InChI=1S/C35H45N5O5S/c1-37(2)46(43,44)36-33(41)23-11-13-27-30(17-23)40-21-35(34(42)39(4)24-15-16-38(3)20-24)19-29(35)28-18-25(45-5)12-14-26(28)32(40)31(27)22-9-7-6-8-10-22/h11-14,17-18,22,24,29H,6-10,15-16,19-21H2,1-5H3,(H,36,41). The largest absolute Gasteiger partial charge is 0.497 e. The zero-order chi connectivity index (χ0) is 32.5. The van der Waals surface area contributed by atoms with Gasteiger partial charge in [0.25, 0.3) is 5.91 Å². The van der Waals surface area contributed by atoms with E-state index in [1.807, 2.05) is 30.1 Å². The lowest BCUT2D eigenvalue weighted by atomic mass is 9.81. The van der Waals surface area contributed by atoms with Gasteiger partial charge in [-0.05, 0) is 86.7 Å². The van der Waals surface area contributed by atoms with E-state index in [1.54, 1.807) is 13.2 Å². The van der Waals surface area contributed by atoms with E-state index in [9.17, 15) is 18.0 Å². The average Bonchev–Trinajstić information content (AvgIpc) is 3.51. The first-order chi connectivity index (χ1) is 21.9. The highest BCUT2D eigenvalue weighted by atomic mass is 32.2. The minimum absolute atomic E-state index is 0.0533. The first-order valence-electron chi connectivity index (χ1n) is 16.5. The monoisotopic (exact) mass is 647 g/mol. The molecule has 1 saturated heterocycles. The fourth-order valence-corrected chi connectivity index (χ4v) is 8.97. The predicted octanol–water partition coefficient (Wildman–Crippen LogP) is 4.55. The number of rotatable bonds is 7. The van der Waals surface area contributed by atoms with E-state index in [-0.39, 0.29) is 23.4 Å². The molecule has 2 amide bonds. The number of aromatic nitrogens is 1.